The van der Waals surface area contributed by atoms with Crippen LogP contribution in [-0.2, 0) is 16.4 Å². The maximum absolute atomic E-state index is 13.3. The first-order chi connectivity index (χ1) is 11.7. The summed E-state index contributed by atoms with van der Waals surface area (Å²) in [4.78, 5) is 11.4. The molecule has 1 atom stereocenters. The number of rotatable bonds is 4. The van der Waals surface area contributed by atoms with E-state index in [4.69, 9.17) is 0 Å². The topological polar surface area (TPSA) is 83.5 Å². The van der Waals surface area contributed by atoms with Crippen molar-refractivity contribution in [3.8, 4) is 0 Å². The van der Waals surface area contributed by atoms with Crippen molar-refractivity contribution in [3.05, 3.63) is 64.0 Å². The monoisotopic (exact) mass is 363 g/mol. The second-order valence-corrected chi connectivity index (χ2v) is 7.92. The first kappa shape index (κ1) is 17.6. The molecule has 0 aromatic heterocycles. The average molecular weight is 363 g/mol. The molecule has 132 valence electrons. The maximum Gasteiger partial charge on any atom is 0.336 e. The highest BCUT2D eigenvalue weighted by Gasteiger charge is 2.29. The molecule has 7 heteroatoms. The van der Waals surface area contributed by atoms with Crippen LogP contribution < -0.4 is 4.72 Å². The summed E-state index contributed by atoms with van der Waals surface area (Å²) in [5.41, 5.74) is 2.26. The zero-order chi connectivity index (χ0) is 18.4. The van der Waals surface area contributed by atoms with Gasteiger partial charge in [0.1, 0.15) is 5.82 Å². The van der Waals surface area contributed by atoms with Crippen LogP contribution in [0.2, 0.25) is 0 Å². The summed E-state index contributed by atoms with van der Waals surface area (Å²) in [6, 6.07) is 6.78. The van der Waals surface area contributed by atoms with Crippen molar-refractivity contribution < 1.29 is 22.7 Å². The molecule has 0 amide bonds. The quantitative estimate of drug-likeness (QED) is 0.874. The number of nitrogens with one attached hydrogen (secondary N) is 1. The first-order valence-electron chi connectivity index (χ1n) is 7.85. The average Bonchev–Trinajstić information content (AvgIpc) is 2.88. The Labute approximate surface area is 145 Å². The summed E-state index contributed by atoms with van der Waals surface area (Å²) in [5.74, 6) is -1.50. The third-order valence-electron chi connectivity index (χ3n) is 4.61. The molecule has 0 bridgehead atoms. The van der Waals surface area contributed by atoms with E-state index in [2.05, 4.69) is 4.72 Å². The van der Waals surface area contributed by atoms with Gasteiger partial charge >= 0.3 is 5.97 Å². The van der Waals surface area contributed by atoms with Crippen molar-refractivity contribution in [1.82, 2.24) is 4.72 Å². The summed E-state index contributed by atoms with van der Waals surface area (Å²) < 4.78 is 41.5. The molecule has 1 unspecified atom stereocenters. The standard InChI is InChI=1S/C18H18FNO4S/c1-10-3-8-16(11(2)17(10)18(21)22)25(23,24)20-15-7-4-12-9-13(19)5-6-14(12)15/h3,5-6,8-9,15,20H,4,7H2,1-2H3,(H,21,22). The highest BCUT2D eigenvalue weighted by atomic mass is 32.2. The van der Waals surface area contributed by atoms with E-state index >= 15 is 0 Å². The van der Waals surface area contributed by atoms with Gasteiger partial charge in [-0.05, 0) is 67.1 Å². The second-order valence-electron chi connectivity index (χ2n) is 6.24. The zero-order valence-electron chi connectivity index (χ0n) is 13.8. The molecule has 0 aliphatic heterocycles. The third-order valence-corrected chi connectivity index (χ3v) is 6.22. The van der Waals surface area contributed by atoms with Crippen molar-refractivity contribution in [1.29, 1.82) is 0 Å². The van der Waals surface area contributed by atoms with E-state index in [1.54, 1.807) is 13.0 Å². The Bertz CT molecular complexity index is 969. The van der Waals surface area contributed by atoms with Crippen molar-refractivity contribution in [3.63, 3.8) is 0 Å². The SMILES string of the molecule is Cc1ccc(S(=O)(=O)NC2CCc3cc(F)ccc32)c(C)c1C(=O)O. The van der Waals surface area contributed by atoms with Gasteiger partial charge in [-0.3, -0.25) is 0 Å². The number of carbonyl (C=O) groups is 1. The Morgan fingerprint density at radius 1 is 1.24 bits per heavy atom. The van der Waals surface area contributed by atoms with Crippen LogP contribution in [0.4, 0.5) is 4.39 Å². The van der Waals surface area contributed by atoms with Crippen LogP contribution in [0.15, 0.2) is 35.2 Å². The van der Waals surface area contributed by atoms with E-state index < -0.39 is 22.0 Å². The maximum atomic E-state index is 13.3. The fourth-order valence-corrected chi connectivity index (χ4v) is 4.91. The molecular weight excluding hydrogens is 345 g/mol. The minimum absolute atomic E-state index is 0.00299. The lowest BCUT2D eigenvalue weighted by Crippen LogP contribution is -2.28. The number of aryl methyl sites for hydroxylation is 2. The minimum Gasteiger partial charge on any atom is -0.478 e. The van der Waals surface area contributed by atoms with Crippen molar-refractivity contribution in [2.24, 2.45) is 0 Å². The summed E-state index contributed by atoms with van der Waals surface area (Å²) >= 11 is 0. The summed E-state index contributed by atoms with van der Waals surface area (Å²) in [6.07, 6.45) is 1.13. The summed E-state index contributed by atoms with van der Waals surface area (Å²) in [7, 11) is -3.91. The largest absolute Gasteiger partial charge is 0.478 e. The van der Waals surface area contributed by atoms with E-state index in [0.29, 0.717) is 18.4 Å². The van der Waals surface area contributed by atoms with E-state index in [0.717, 1.165) is 11.1 Å². The van der Waals surface area contributed by atoms with Gasteiger partial charge in [-0.15, -0.1) is 0 Å². The van der Waals surface area contributed by atoms with Gasteiger partial charge < -0.3 is 5.11 Å². The molecule has 0 spiro atoms. The highest BCUT2D eigenvalue weighted by Crippen LogP contribution is 2.33. The van der Waals surface area contributed by atoms with Crippen LogP contribution in [-0.4, -0.2) is 19.5 Å². The molecular formula is C18H18FNO4S. The Morgan fingerprint density at radius 2 is 1.96 bits per heavy atom. The van der Waals surface area contributed by atoms with Gasteiger partial charge in [-0.25, -0.2) is 22.3 Å². The van der Waals surface area contributed by atoms with E-state index in [1.807, 2.05) is 0 Å². The molecule has 0 saturated carbocycles. The number of fused-ring (bicyclic) bond motifs is 1. The van der Waals surface area contributed by atoms with Crippen LogP contribution in [0.5, 0.6) is 0 Å². The lowest BCUT2D eigenvalue weighted by atomic mass is 10.0. The van der Waals surface area contributed by atoms with Gasteiger partial charge in [-0.2, -0.15) is 0 Å². The number of hydrogen-bond donors (Lipinski definition) is 2. The summed E-state index contributed by atoms with van der Waals surface area (Å²) in [5, 5.41) is 9.33. The number of carboxylic acid groups (broad SMARTS) is 1. The number of carboxylic acids is 1. The van der Waals surface area contributed by atoms with Gasteiger partial charge in [0.15, 0.2) is 0 Å². The van der Waals surface area contributed by atoms with Crippen LogP contribution in [0, 0.1) is 19.7 Å². The van der Waals surface area contributed by atoms with Gasteiger partial charge in [0, 0.05) is 6.04 Å². The summed E-state index contributed by atoms with van der Waals surface area (Å²) in [6.45, 7) is 3.12. The predicted molar refractivity (Wildman–Crippen MR) is 90.7 cm³/mol. The van der Waals surface area contributed by atoms with Crippen molar-refractivity contribution in [2.75, 3.05) is 0 Å². The predicted octanol–water partition coefficient (Wildman–Crippen LogP) is 3.11. The highest BCUT2D eigenvalue weighted by molar-refractivity contribution is 7.89. The molecule has 0 heterocycles. The lowest BCUT2D eigenvalue weighted by Gasteiger charge is -2.17. The third kappa shape index (κ3) is 3.17. The van der Waals surface area contributed by atoms with E-state index in [-0.39, 0.29) is 21.8 Å². The molecule has 0 saturated heterocycles. The van der Waals surface area contributed by atoms with E-state index in [9.17, 15) is 22.7 Å². The van der Waals surface area contributed by atoms with Crippen molar-refractivity contribution >= 4 is 16.0 Å². The molecule has 1 aliphatic rings. The van der Waals surface area contributed by atoms with Gasteiger partial charge in [0.05, 0.1) is 10.5 Å². The van der Waals surface area contributed by atoms with Gasteiger partial charge in [0.2, 0.25) is 10.0 Å². The first-order valence-corrected chi connectivity index (χ1v) is 9.33. The molecule has 5 nitrogen and oxygen atoms in total. The molecule has 0 fully saturated rings. The molecule has 1 aliphatic carbocycles. The molecule has 3 rings (SSSR count). The number of halogens is 1. The number of aromatic carboxylic acids is 1. The zero-order valence-corrected chi connectivity index (χ0v) is 14.7. The lowest BCUT2D eigenvalue weighted by molar-refractivity contribution is 0.0695. The number of benzene rings is 2. The fraction of sp³-hybridized carbons (Fsp3) is 0.278. The second kappa shape index (κ2) is 6.24. The molecule has 25 heavy (non-hydrogen) atoms. The Kier molecular flexibility index (Phi) is 4.38. The smallest absolute Gasteiger partial charge is 0.336 e. The van der Waals surface area contributed by atoms with Gasteiger partial charge in [-0.1, -0.05) is 12.1 Å². The minimum atomic E-state index is -3.91. The molecule has 2 N–H and O–H groups in total. The van der Waals surface area contributed by atoms with Crippen LogP contribution in [0.1, 0.15) is 45.1 Å². The number of hydrogen-bond acceptors (Lipinski definition) is 3. The van der Waals surface area contributed by atoms with Gasteiger partial charge in [0.25, 0.3) is 0 Å². The van der Waals surface area contributed by atoms with Crippen LogP contribution in [0.25, 0.3) is 0 Å². The van der Waals surface area contributed by atoms with Crippen molar-refractivity contribution in [2.45, 2.75) is 37.6 Å². The fourth-order valence-electron chi connectivity index (χ4n) is 3.41. The van der Waals surface area contributed by atoms with Crippen LogP contribution in [0.3, 0.4) is 0 Å². The Morgan fingerprint density at radius 3 is 2.64 bits per heavy atom. The number of sulfonamides is 1. The normalized spacial score (nSPS) is 16.7. The molecule has 0 radical (unpaired) electrons. The van der Waals surface area contributed by atoms with Crippen LogP contribution >= 0.6 is 0 Å². The molecule has 2 aromatic carbocycles. The molecule has 2 aromatic rings. The van der Waals surface area contributed by atoms with E-state index in [1.165, 1.54) is 31.2 Å². The Balaban J connectivity index is 1.97. The Hall–Kier alpha value is -2.25.